The molecule has 4 aromatic carbocycles. The van der Waals surface area contributed by atoms with Crippen LogP contribution in [0.3, 0.4) is 0 Å². The third-order valence-corrected chi connectivity index (χ3v) is 16.2. The fourth-order valence-corrected chi connectivity index (χ4v) is 12.7. The molecule has 0 aromatic heterocycles. The summed E-state index contributed by atoms with van der Waals surface area (Å²) < 4.78 is 28.0. The summed E-state index contributed by atoms with van der Waals surface area (Å²) in [4.78, 5) is 0. The zero-order valence-electron chi connectivity index (χ0n) is 27.1. The smallest absolute Gasteiger partial charge is 0.405 e. The van der Waals surface area contributed by atoms with Crippen LogP contribution in [0.5, 0.6) is 0 Å². The van der Waals surface area contributed by atoms with Crippen molar-refractivity contribution in [1.29, 1.82) is 0 Å². The van der Waals surface area contributed by atoms with Crippen molar-refractivity contribution in [3.05, 3.63) is 118 Å². The monoisotopic (exact) mass is 744 g/mol. The van der Waals surface area contributed by atoms with E-state index >= 15 is 0 Å². The summed E-state index contributed by atoms with van der Waals surface area (Å²) in [5.41, 5.74) is -0.972. The number of hydrogen-bond donors (Lipinski definition) is 0. The van der Waals surface area contributed by atoms with Gasteiger partial charge in [-0.05, 0) is 93.0 Å². The topological polar surface area (TPSA) is 36.9 Å². The Morgan fingerprint density at radius 3 is 1.56 bits per heavy atom. The molecule has 0 spiro atoms. The van der Waals surface area contributed by atoms with Crippen molar-refractivity contribution < 1.29 is 18.6 Å². The molecular formula is C36H40B2Br2O4Si. The quantitative estimate of drug-likeness (QED) is 0.163. The first-order valence-corrected chi connectivity index (χ1v) is 19.1. The molecule has 0 aliphatic carbocycles. The number of benzene rings is 4. The Labute approximate surface area is 286 Å². The summed E-state index contributed by atoms with van der Waals surface area (Å²) in [6, 6.07) is 37.7. The van der Waals surface area contributed by atoms with Crippen molar-refractivity contribution >= 4 is 74.7 Å². The Hall–Kier alpha value is -1.97. The molecule has 0 amide bonds. The second-order valence-electron chi connectivity index (χ2n) is 13.9. The minimum absolute atomic E-state index is 0.464. The molecule has 4 aromatic rings. The van der Waals surface area contributed by atoms with E-state index in [0.29, 0.717) is 6.42 Å². The van der Waals surface area contributed by atoms with Crippen molar-refractivity contribution in [2.75, 3.05) is 0 Å². The highest BCUT2D eigenvalue weighted by molar-refractivity contribution is 9.10. The van der Waals surface area contributed by atoms with Crippen molar-refractivity contribution in [2.24, 2.45) is 0 Å². The summed E-state index contributed by atoms with van der Waals surface area (Å²) in [6.07, 6.45) is 0.652. The summed E-state index contributed by atoms with van der Waals surface area (Å²) >= 11 is 7.79. The van der Waals surface area contributed by atoms with E-state index < -0.39 is 44.5 Å². The van der Waals surface area contributed by atoms with Gasteiger partial charge in [0.1, 0.15) is 0 Å². The van der Waals surface area contributed by atoms with E-state index in [1.165, 1.54) is 20.7 Å². The van der Waals surface area contributed by atoms with E-state index in [9.17, 15) is 0 Å². The van der Waals surface area contributed by atoms with Gasteiger partial charge < -0.3 is 18.6 Å². The maximum Gasteiger partial charge on any atom is 0.489 e. The van der Waals surface area contributed by atoms with Gasteiger partial charge >= 0.3 is 14.0 Å². The first-order chi connectivity index (χ1) is 21.2. The molecule has 9 heteroatoms. The highest BCUT2D eigenvalue weighted by atomic mass is 79.9. The van der Waals surface area contributed by atoms with Crippen LogP contribution in [0.4, 0.5) is 0 Å². The Balaban J connectivity index is 1.40. The van der Waals surface area contributed by atoms with E-state index in [0.717, 1.165) is 14.5 Å². The van der Waals surface area contributed by atoms with E-state index in [1.807, 2.05) is 27.7 Å². The molecule has 2 saturated heterocycles. The van der Waals surface area contributed by atoms with Gasteiger partial charge in [0.25, 0.3) is 0 Å². The van der Waals surface area contributed by atoms with Crippen molar-refractivity contribution in [3.63, 3.8) is 0 Å². The molecule has 45 heavy (non-hydrogen) atoms. The third kappa shape index (κ3) is 5.77. The maximum absolute atomic E-state index is 6.72. The average Bonchev–Trinajstić information content (AvgIpc) is 3.37. The van der Waals surface area contributed by atoms with E-state index in [2.05, 4.69) is 156 Å². The van der Waals surface area contributed by atoms with Crippen LogP contribution in [0, 0.1) is 0 Å². The highest BCUT2D eigenvalue weighted by Crippen LogP contribution is 2.45. The lowest BCUT2D eigenvalue weighted by Gasteiger charge is -2.37. The Morgan fingerprint density at radius 1 is 0.533 bits per heavy atom. The van der Waals surface area contributed by atoms with Gasteiger partial charge in [-0.25, -0.2) is 0 Å². The van der Waals surface area contributed by atoms with Gasteiger partial charge in [0, 0.05) is 15.4 Å². The largest absolute Gasteiger partial charge is 0.489 e. The molecule has 0 bridgehead atoms. The summed E-state index contributed by atoms with van der Waals surface area (Å²) in [5.74, 6) is 0. The molecule has 1 unspecified atom stereocenters. The number of hydrogen-bond acceptors (Lipinski definition) is 4. The van der Waals surface area contributed by atoms with Crippen LogP contribution in [0.25, 0.3) is 0 Å². The Bertz CT molecular complexity index is 1630. The molecule has 4 nitrogen and oxygen atoms in total. The lowest BCUT2D eigenvalue weighted by atomic mass is 9.49. The van der Waals surface area contributed by atoms with Crippen LogP contribution < -0.4 is 20.7 Å². The van der Waals surface area contributed by atoms with Gasteiger partial charge in [0.2, 0.25) is 0 Å². The average molecular weight is 746 g/mol. The molecule has 2 heterocycles. The normalized spacial score (nSPS) is 22.2. The predicted molar refractivity (Wildman–Crippen MR) is 196 cm³/mol. The fourth-order valence-electron chi connectivity index (χ4n) is 6.59. The van der Waals surface area contributed by atoms with E-state index in [4.69, 9.17) is 18.6 Å². The van der Waals surface area contributed by atoms with Crippen molar-refractivity contribution in [1.82, 2.24) is 0 Å². The number of rotatable bonds is 7. The van der Waals surface area contributed by atoms with Crippen molar-refractivity contribution in [2.45, 2.75) is 77.3 Å². The van der Waals surface area contributed by atoms with Gasteiger partial charge in [-0.3, -0.25) is 0 Å². The third-order valence-electron chi connectivity index (χ3n) is 10.2. The Morgan fingerprint density at radius 2 is 1.02 bits per heavy atom. The van der Waals surface area contributed by atoms with Crippen LogP contribution in [0.15, 0.2) is 112 Å². The van der Waals surface area contributed by atoms with Gasteiger partial charge in [-0.2, -0.15) is 0 Å². The molecule has 2 fully saturated rings. The molecule has 6 rings (SSSR count). The molecule has 1 atom stereocenters. The molecular weight excluding hydrogens is 706 g/mol. The molecule has 2 aliphatic heterocycles. The molecule has 0 radical (unpaired) electrons. The van der Waals surface area contributed by atoms with Gasteiger partial charge in [0.05, 0.1) is 22.4 Å². The van der Waals surface area contributed by atoms with Crippen LogP contribution in [0.2, 0.25) is 0 Å². The maximum atomic E-state index is 6.72. The van der Waals surface area contributed by atoms with Gasteiger partial charge in [-0.1, -0.05) is 117 Å². The minimum atomic E-state index is -2.68. The Kier molecular flexibility index (Phi) is 8.73. The van der Waals surface area contributed by atoms with Gasteiger partial charge in [0.15, 0.2) is 8.07 Å². The summed E-state index contributed by atoms with van der Waals surface area (Å²) in [7, 11) is -3.91. The second kappa shape index (κ2) is 11.9. The summed E-state index contributed by atoms with van der Waals surface area (Å²) in [6.45, 7) is 14.5. The van der Waals surface area contributed by atoms with E-state index in [-0.39, 0.29) is 0 Å². The van der Waals surface area contributed by atoms with Gasteiger partial charge in [-0.15, -0.1) is 0 Å². The first kappa shape index (κ1) is 32.9. The SMILES string of the molecule is CC1(C)OB(B2OC(C)(C)C(C)(Cc3ccc([Si](c4ccccc4)(c4ccccc4)c4cccc(Br)c4)cc3Br)O2)OC1(C)C. The first-order valence-electron chi connectivity index (χ1n) is 15.6. The molecule has 232 valence electrons. The molecule has 0 N–H and O–H groups in total. The zero-order valence-corrected chi connectivity index (χ0v) is 31.2. The lowest BCUT2D eigenvalue weighted by molar-refractivity contribution is -0.00887. The zero-order chi connectivity index (χ0) is 32.3. The van der Waals surface area contributed by atoms with Crippen LogP contribution in [-0.2, 0) is 25.0 Å². The lowest BCUT2D eigenvalue weighted by Crippen LogP contribution is -2.74. The predicted octanol–water partition coefficient (Wildman–Crippen LogP) is 6.37. The minimum Gasteiger partial charge on any atom is -0.405 e. The molecule has 2 aliphatic rings. The van der Waals surface area contributed by atoms with Crippen LogP contribution in [-0.4, -0.2) is 44.5 Å². The second-order valence-corrected chi connectivity index (χ2v) is 19.5. The fraction of sp³-hybridized carbons (Fsp3) is 0.333. The highest BCUT2D eigenvalue weighted by Gasteiger charge is 2.64. The standard InChI is InChI=1S/C36H40B2Br2O4Si/c1-33(2)34(3,4)42-37(41-33)38-43-35(5,6)36(7,44-38)25-26-21-22-31(24-32(26)40)45(28-16-10-8-11-17-28,29-18-12-9-13-19-29)30-20-14-15-27(39)23-30/h8-24H,25H2,1-7H3. The summed E-state index contributed by atoms with van der Waals surface area (Å²) in [5, 5.41) is 5.29. The van der Waals surface area contributed by atoms with Crippen molar-refractivity contribution in [3.8, 4) is 0 Å². The molecule has 0 saturated carbocycles. The van der Waals surface area contributed by atoms with Crippen LogP contribution >= 0.6 is 31.9 Å². The van der Waals surface area contributed by atoms with E-state index in [1.54, 1.807) is 0 Å². The number of halogens is 2. The van der Waals surface area contributed by atoms with Crippen LogP contribution in [0.1, 0.15) is 54.0 Å².